The van der Waals surface area contributed by atoms with Gasteiger partial charge in [-0.25, -0.2) is 0 Å². The highest BCUT2D eigenvalue weighted by Gasteiger charge is 2.43. The molecule has 4 heteroatoms. The van der Waals surface area contributed by atoms with Crippen LogP contribution >= 0.6 is 0 Å². The molecule has 0 aromatic carbocycles. The molecule has 0 atom stereocenters. The van der Waals surface area contributed by atoms with E-state index in [0.29, 0.717) is 0 Å². The molecule has 10 heavy (non-hydrogen) atoms. The Bertz CT molecular complexity index is 117. The molecule has 1 fully saturated rings. The molecule has 0 amide bonds. The van der Waals surface area contributed by atoms with Crippen LogP contribution in [0.5, 0.6) is 0 Å². The summed E-state index contributed by atoms with van der Waals surface area (Å²) in [5, 5.41) is 0. The molecule has 0 spiro atoms. The lowest BCUT2D eigenvalue weighted by Gasteiger charge is -2.41. The van der Waals surface area contributed by atoms with Gasteiger partial charge in [-0.05, 0) is 6.04 Å². The van der Waals surface area contributed by atoms with Gasteiger partial charge in [-0.15, -0.1) is 0 Å². The third-order valence-electron chi connectivity index (χ3n) is 3.17. The highest BCUT2D eigenvalue weighted by molar-refractivity contribution is 7.59. The summed E-state index contributed by atoms with van der Waals surface area (Å²) in [6, 6.07) is 1.43. The third-order valence-corrected chi connectivity index (χ3v) is 33.9. The van der Waals surface area contributed by atoms with Crippen LogP contribution in [0.4, 0.5) is 0 Å². The largest absolute Gasteiger partial charge is 0.428 e. The Morgan fingerprint density at radius 1 is 1.20 bits per heavy atom. The van der Waals surface area contributed by atoms with E-state index in [4.69, 9.17) is 4.43 Å². The maximum atomic E-state index is 5.66. The van der Waals surface area contributed by atoms with Crippen LogP contribution in [0, 0.1) is 0 Å². The minimum absolute atomic E-state index is 0.0671. The zero-order chi connectivity index (χ0) is 7.83. The number of rotatable bonds is 0. The van der Waals surface area contributed by atoms with Crippen molar-refractivity contribution in [2.45, 2.75) is 32.2 Å². The second-order valence-corrected chi connectivity index (χ2v) is 29.7. The van der Waals surface area contributed by atoms with E-state index in [1.165, 1.54) is 6.04 Å². The van der Waals surface area contributed by atoms with Gasteiger partial charge in [0.1, 0.15) is 9.28 Å². The van der Waals surface area contributed by atoms with Crippen LogP contribution in [-0.4, -0.2) is 30.6 Å². The molecular formula is C6H18OSi3. The summed E-state index contributed by atoms with van der Waals surface area (Å²) in [5.41, 5.74) is 0. The Kier molecular flexibility index (Phi) is 2.25. The summed E-state index contributed by atoms with van der Waals surface area (Å²) < 4.78 is 5.66. The van der Waals surface area contributed by atoms with Gasteiger partial charge < -0.3 is 4.43 Å². The van der Waals surface area contributed by atoms with Gasteiger partial charge in [0, 0.05) is 14.2 Å². The van der Waals surface area contributed by atoms with Gasteiger partial charge in [-0.1, -0.05) is 26.2 Å². The van der Waals surface area contributed by atoms with Crippen molar-refractivity contribution < 1.29 is 4.43 Å². The van der Waals surface area contributed by atoms with Crippen LogP contribution in [0.1, 0.15) is 0 Å². The quantitative estimate of drug-likeness (QED) is 0.520. The molecular weight excluding hydrogens is 172 g/mol. The minimum Gasteiger partial charge on any atom is -0.428 e. The topological polar surface area (TPSA) is 9.23 Å². The van der Waals surface area contributed by atoms with E-state index in [-0.39, 0.29) is 9.28 Å². The fraction of sp³-hybridized carbons (Fsp3) is 1.00. The average molecular weight is 190 g/mol. The molecule has 1 aliphatic heterocycles. The molecule has 60 valence electrons. The lowest BCUT2D eigenvalue weighted by atomic mass is 10.9. The summed E-state index contributed by atoms with van der Waals surface area (Å²) in [6.07, 6.45) is 0. The van der Waals surface area contributed by atoms with Crippen LogP contribution in [-0.2, 0) is 4.43 Å². The predicted octanol–water partition coefficient (Wildman–Crippen LogP) is 1.09. The molecule has 0 aliphatic carbocycles. The Labute approximate surface area is 67.7 Å². The first kappa shape index (κ1) is 8.70. The fourth-order valence-corrected chi connectivity index (χ4v) is 15.5. The summed E-state index contributed by atoms with van der Waals surface area (Å²) >= 11 is 0. The summed E-state index contributed by atoms with van der Waals surface area (Å²) in [7, 11) is -1.57. The second-order valence-electron chi connectivity index (χ2n) is 4.57. The molecule has 0 aromatic heterocycles. The van der Waals surface area contributed by atoms with Crippen molar-refractivity contribution in [3.05, 3.63) is 0 Å². The Hall–Kier alpha value is 0.611. The Balaban J connectivity index is 2.70. The average Bonchev–Trinajstić information content (AvgIpc) is 1.77. The first-order chi connectivity index (χ1) is 4.46. The fourth-order valence-electron chi connectivity index (χ4n) is 1.19. The first-order valence-corrected chi connectivity index (χ1v) is 14.1. The monoisotopic (exact) mass is 190 g/mol. The van der Waals surface area contributed by atoms with E-state index in [9.17, 15) is 0 Å². The van der Waals surface area contributed by atoms with Gasteiger partial charge in [0.2, 0.25) is 0 Å². The molecule has 0 N–H and O–H groups in total. The van der Waals surface area contributed by atoms with E-state index >= 15 is 0 Å². The van der Waals surface area contributed by atoms with Gasteiger partial charge in [-0.2, -0.15) is 0 Å². The van der Waals surface area contributed by atoms with Crippen molar-refractivity contribution in [3.8, 4) is 0 Å². The Morgan fingerprint density at radius 2 is 1.80 bits per heavy atom. The molecule has 0 aromatic rings. The van der Waals surface area contributed by atoms with Crippen molar-refractivity contribution in [3.63, 3.8) is 0 Å². The highest BCUT2D eigenvalue weighted by atomic mass is 29.6. The molecule has 1 nitrogen and oxygen atoms in total. The van der Waals surface area contributed by atoms with E-state index in [1.54, 1.807) is 0 Å². The van der Waals surface area contributed by atoms with Crippen LogP contribution in [0.25, 0.3) is 0 Å². The standard InChI is InChI=1S/C6H18OSi3/c1-9(2)6-5-7-8-10(9,3)4/h5-6,8H2,1-4H3. The predicted molar refractivity (Wildman–Crippen MR) is 54.3 cm³/mol. The van der Waals surface area contributed by atoms with Crippen molar-refractivity contribution in [2.75, 3.05) is 6.61 Å². The molecule has 0 radical (unpaired) electrons. The Morgan fingerprint density at radius 3 is 2.10 bits per heavy atom. The lowest BCUT2D eigenvalue weighted by molar-refractivity contribution is 0.364. The molecule has 0 bridgehead atoms. The lowest BCUT2D eigenvalue weighted by Crippen LogP contribution is -2.63. The zero-order valence-corrected chi connectivity index (χ0v) is 10.9. The van der Waals surface area contributed by atoms with Gasteiger partial charge in [-0.3, -0.25) is 0 Å². The van der Waals surface area contributed by atoms with Gasteiger partial charge >= 0.3 is 0 Å². The van der Waals surface area contributed by atoms with Crippen molar-refractivity contribution in [1.29, 1.82) is 0 Å². The molecule has 0 saturated carbocycles. The van der Waals surface area contributed by atoms with Gasteiger partial charge in [0.25, 0.3) is 0 Å². The normalized spacial score (nSPS) is 32.4. The zero-order valence-electron chi connectivity index (χ0n) is 7.53. The first-order valence-electron chi connectivity index (χ1n) is 4.03. The number of hydrogen-bond acceptors (Lipinski definition) is 1. The van der Waals surface area contributed by atoms with Crippen molar-refractivity contribution in [1.82, 2.24) is 0 Å². The maximum absolute atomic E-state index is 5.66. The molecule has 1 saturated heterocycles. The summed E-state index contributed by atoms with van der Waals surface area (Å²) in [6.45, 7) is 11.3. The minimum atomic E-state index is -0.763. The molecule has 0 unspecified atom stereocenters. The van der Waals surface area contributed by atoms with Crippen molar-refractivity contribution >= 4 is 24.0 Å². The van der Waals surface area contributed by atoms with E-state index in [1.807, 2.05) is 0 Å². The van der Waals surface area contributed by atoms with E-state index in [2.05, 4.69) is 26.2 Å². The van der Waals surface area contributed by atoms with Crippen LogP contribution in [0.2, 0.25) is 32.2 Å². The molecule has 1 aliphatic rings. The van der Waals surface area contributed by atoms with Crippen LogP contribution < -0.4 is 0 Å². The maximum Gasteiger partial charge on any atom is 0.147 e. The summed E-state index contributed by atoms with van der Waals surface area (Å²) in [5.74, 6) is 0. The SMILES string of the molecule is C[Si]1(C)CCO[SiH2][Si]1(C)C. The van der Waals surface area contributed by atoms with Gasteiger partial charge in [0.05, 0.1) is 7.11 Å². The van der Waals surface area contributed by atoms with E-state index < -0.39 is 14.7 Å². The smallest absolute Gasteiger partial charge is 0.147 e. The van der Waals surface area contributed by atoms with Crippen molar-refractivity contribution in [2.24, 2.45) is 0 Å². The summed E-state index contributed by atoms with van der Waals surface area (Å²) in [4.78, 5) is 0. The number of hydrogen-bond donors (Lipinski definition) is 0. The van der Waals surface area contributed by atoms with Crippen LogP contribution in [0.15, 0.2) is 0 Å². The molecule has 1 rings (SSSR count). The highest BCUT2D eigenvalue weighted by Crippen LogP contribution is 2.25. The van der Waals surface area contributed by atoms with Gasteiger partial charge in [0.15, 0.2) is 0 Å². The third kappa shape index (κ3) is 1.44. The van der Waals surface area contributed by atoms with E-state index in [0.717, 1.165) is 6.61 Å². The molecule has 1 heterocycles. The van der Waals surface area contributed by atoms with Crippen LogP contribution in [0.3, 0.4) is 0 Å². The second kappa shape index (κ2) is 2.58.